The molecule has 5 amide bonds. The van der Waals surface area contributed by atoms with Crippen LogP contribution in [0.15, 0.2) is 116 Å². The van der Waals surface area contributed by atoms with Crippen molar-refractivity contribution in [1.82, 2.24) is 40.8 Å². The summed E-state index contributed by atoms with van der Waals surface area (Å²) in [6.07, 6.45) is 2.42. The first kappa shape index (κ1) is 49.1. The highest BCUT2D eigenvalue weighted by Gasteiger charge is 2.41. The van der Waals surface area contributed by atoms with E-state index in [1.165, 1.54) is 0 Å². The van der Waals surface area contributed by atoms with Gasteiger partial charge in [0.2, 0.25) is 5.91 Å². The lowest BCUT2D eigenvalue weighted by molar-refractivity contribution is -0.133. The fourth-order valence-electron chi connectivity index (χ4n) is 8.21. The number of urea groups is 1. The number of nitrogens with zero attached hydrogens (tertiary/aromatic N) is 5. The van der Waals surface area contributed by atoms with E-state index in [0.717, 1.165) is 38.9 Å². The Hall–Kier alpha value is -6.38. The van der Waals surface area contributed by atoms with E-state index < -0.39 is 47.2 Å². The molecule has 5 atom stereocenters. The van der Waals surface area contributed by atoms with Crippen LogP contribution in [0.2, 0.25) is 0 Å². The van der Waals surface area contributed by atoms with E-state index in [4.69, 9.17) is 4.74 Å². The molecule has 3 aromatic carbocycles. The molecule has 0 bridgehead atoms. The fourth-order valence-corrected chi connectivity index (χ4v) is 8.21. The first-order chi connectivity index (χ1) is 31.4. The topological polar surface area (TPSA) is 169 Å². The first-order valence-corrected chi connectivity index (χ1v) is 22.9. The molecule has 0 saturated carbocycles. The molecule has 2 aromatic heterocycles. The van der Waals surface area contributed by atoms with E-state index in [9.17, 15) is 24.3 Å². The molecule has 6 rings (SSSR count). The number of nitrogens with one attached hydrogen (secondary N) is 3. The Labute approximate surface area is 389 Å². The monoisotopic (exact) mass is 899 g/mol. The smallest absolute Gasteiger partial charge is 0.408 e. The van der Waals surface area contributed by atoms with Crippen molar-refractivity contribution in [3.05, 3.63) is 132 Å². The predicted molar refractivity (Wildman–Crippen MR) is 256 cm³/mol. The molecular formula is C52H66N8O6. The largest absolute Gasteiger partial charge is 0.444 e. The number of ether oxygens (including phenoxy) is 1. The van der Waals surface area contributed by atoms with Crippen LogP contribution in [-0.4, -0.2) is 103 Å². The number of aliphatic hydroxyl groups excluding tert-OH is 1. The number of pyridine rings is 2. The number of amides is 5. The van der Waals surface area contributed by atoms with Gasteiger partial charge in [0.25, 0.3) is 5.91 Å². The minimum Gasteiger partial charge on any atom is -0.444 e. The minimum atomic E-state index is -1.22. The highest BCUT2D eigenvalue weighted by atomic mass is 16.6. The number of hydrogen-bond donors (Lipinski definition) is 4. The van der Waals surface area contributed by atoms with Gasteiger partial charge in [-0.25, -0.2) is 14.6 Å². The van der Waals surface area contributed by atoms with Gasteiger partial charge in [0.05, 0.1) is 23.4 Å². The zero-order chi connectivity index (χ0) is 47.6. The molecule has 1 aliphatic heterocycles. The van der Waals surface area contributed by atoms with Crippen molar-refractivity contribution in [2.75, 3.05) is 19.6 Å². The van der Waals surface area contributed by atoms with Crippen molar-refractivity contribution >= 4 is 34.8 Å². The first-order valence-electron chi connectivity index (χ1n) is 22.9. The molecule has 0 aliphatic carbocycles. The molecule has 1 saturated heterocycles. The number of hydrogen-bond acceptors (Lipinski definition) is 9. The van der Waals surface area contributed by atoms with Crippen LogP contribution in [0.3, 0.4) is 0 Å². The Bertz CT molecular complexity index is 2400. The lowest BCUT2D eigenvalue weighted by Gasteiger charge is -2.36. The van der Waals surface area contributed by atoms with Crippen molar-refractivity contribution in [3.63, 3.8) is 0 Å². The number of rotatable bonds is 18. The summed E-state index contributed by atoms with van der Waals surface area (Å²) in [7, 11) is 0. The summed E-state index contributed by atoms with van der Waals surface area (Å²) in [5, 5.41) is 20.9. The van der Waals surface area contributed by atoms with Gasteiger partial charge in [-0.15, -0.1) is 0 Å². The number of benzene rings is 3. The molecule has 66 heavy (non-hydrogen) atoms. The van der Waals surface area contributed by atoms with Gasteiger partial charge in [-0.2, -0.15) is 0 Å². The van der Waals surface area contributed by atoms with Gasteiger partial charge in [0.1, 0.15) is 17.7 Å². The normalized spacial score (nSPS) is 15.5. The lowest BCUT2D eigenvalue weighted by Crippen LogP contribution is -2.60. The number of aromatic nitrogens is 2. The van der Waals surface area contributed by atoms with Gasteiger partial charge in [-0.05, 0) is 79.5 Å². The summed E-state index contributed by atoms with van der Waals surface area (Å²) in [6, 6.07) is 29.9. The second-order valence-corrected chi connectivity index (χ2v) is 19.3. The van der Waals surface area contributed by atoms with Crippen LogP contribution >= 0.6 is 0 Å². The molecule has 1 fully saturated rings. The number of alkyl carbamates (subject to hydrolysis) is 1. The number of carbonyl (C=O) groups is 4. The molecule has 4 N–H and O–H groups in total. The Morgan fingerprint density at radius 2 is 1.50 bits per heavy atom. The van der Waals surface area contributed by atoms with Crippen LogP contribution in [0, 0.1) is 11.3 Å². The average Bonchev–Trinajstić information content (AvgIpc) is 3.63. The van der Waals surface area contributed by atoms with Crippen LogP contribution < -0.4 is 16.1 Å². The van der Waals surface area contributed by atoms with Crippen LogP contribution in [0.4, 0.5) is 9.59 Å². The van der Waals surface area contributed by atoms with Crippen LogP contribution in [0.5, 0.6) is 0 Å². The van der Waals surface area contributed by atoms with E-state index >= 15 is 0 Å². The highest BCUT2D eigenvalue weighted by molar-refractivity contribution is 5.89. The lowest BCUT2D eigenvalue weighted by atomic mass is 9.86. The molecule has 14 nitrogen and oxygen atoms in total. The van der Waals surface area contributed by atoms with Gasteiger partial charge in [0.15, 0.2) is 0 Å². The Morgan fingerprint density at radius 1 is 0.803 bits per heavy atom. The maximum absolute atomic E-state index is 14.7. The Balaban J connectivity index is 1.26. The quantitative estimate of drug-likeness (QED) is 0.0651. The summed E-state index contributed by atoms with van der Waals surface area (Å²) in [5.74, 6) is -1.09. The third-order valence-electron chi connectivity index (χ3n) is 11.9. The standard InChI is InChI=1S/C52H66N8O6/c1-9-35(2)45(60-30-29-58(50(60)65)33-39-26-28-54-42-21-14-13-19-40(39)42)47(62)55-43(31-36-17-11-10-12-18-36)44(61)34-59(32-37-22-24-38(25-23-37)41-20-15-16-27-53-41)57-48(63)46(51(3,4)5)56-49(64)66-52(6,7)8/h10-28,35,43-46,61H,9,29-34H2,1-8H3,(H,55,62)(H,56,64)(H,57,63)/t35-,43-,44-,45-,46+/m0/s1. The predicted octanol–water partition coefficient (Wildman–Crippen LogP) is 7.51. The van der Waals surface area contributed by atoms with E-state index in [-0.39, 0.29) is 37.4 Å². The van der Waals surface area contributed by atoms with Crippen LogP contribution in [0.1, 0.15) is 78.5 Å². The second kappa shape index (κ2) is 21.7. The van der Waals surface area contributed by atoms with Gasteiger partial charge >= 0.3 is 12.1 Å². The molecule has 0 unspecified atom stereocenters. The summed E-state index contributed by atoms with van der Waals surface area (Å²) >= 11 is 0. The summed E-state index contributed by atoms with van der Waals surface area (Å²) in [4.78, 5) is 68.7. The molecule has 350 valence electrons. The zero-order valence-electron chi connectivity index (χ0n) is 39.5. The fraction of sp³-hybridized carbons (Fsp3) is 0.423. The molecule has 5 aromatic rings. The van der Waals surface area contributed by atoms with Gasteiger partial charge < -0.3 is 30.3 Å². The number of hydrazine groups is 1. The van der Waals surface area contributed by atoms with Gasteiger partial charge in [0, 0.05) is 56.1 Å². The highest BCUT2D eigenvalue weighted by Crippen LogP contribution is 2.26. The molecule has 0 radical (unpaired) electrons. The van der Waals surface area contributed by atoms with Crippen LogP contribution in [0.25, 0.3) is 22.2 Å². The van der Waals surface area contributed by atoms with Gasteiger partial charge in [-0.1, -0.05) is 120 Å². The van der Waals surface area contributed by atoms with Crippen molar-refractivity contribution in [2.24, 2.45) is 11.3 Å². The number of aliphatic hydroxyl groups is 1. The zero-order valence-corrected chi connectivity index (χ0v) is 39.5. The molecule has 14 heteroatoms. The Kier molecular flexibility index (Phi) is 16.2. The third kappa shape index (κ3) is 13.1. The molecule has 1 aliphatic rings. The summed E-state index contributed by atoms with van der Waals surface area (Å²) < 4.78 is 5.53. The van der Waals surface area contributed by atoms with Crippen LogP contribution in [-0.2, 0) is 33.8 Å². The summed E-state index contributed by atoms with van der Waals surface area (Å²) in [6.45, 7) is 16.0. The molecule has 0 spiro atoms. The summed E-state index contributed by atoms with van der Waals surface area (Å²) in [5.41, 5.74) is 6.73. The number of fused-ring (bicyclic) bond motifs is 1. The maximum atomic E-state index is 14.7. The van der Waals surface area contributed by atoms with E-state index in [1.54, 1.807) is 48.0 Å². The molecular weight excluding hydrogens is 833 g/mol. The average molecular weight is 899 g/mol. The minimum absolute atomic E-state index is 0.112. The van der Waals surface area contributed by atoms with Crippen molar-refractivity contribution < 1.29 is 29.0 Å². The second-order valence-electron chi connectivity index (χ2n) is 19.3. The van der Waals surface area contributed by atoms with Gasteiger partial charge in [-0.3, -0.25) is 25.0 Å². The van der Waals surface area contributed by atoms with E-state index in [0.29, 0.717) is 26.1 Å². The number of carbonyl (C=O) groups excluding carboxylic acids is 4. The van der Waals surface area contributed by atoms with Crippen molar-refractivity contribution in [1.29, 1.82) is 0 Å². The SMILES string of the molecule is CC[C@H](C)[C@@H](C(=O)N[C@@H](Cc1ccccc1)[C@@H](O)CN(Cc1ccc(-c2ccccn2)cc1)NC(=O)[C@@H](NC(=O)OC(C)(C)C)C(C)(C)C)N1CCN(Cc2ccnc3ccccc23)C1=O. The van der Waals surface area contributed by atoms with E-state index in [2.05, 4.69) is 26.0 Å². The van der Waals surface area contributed by atoms with Crippen molar-refractivity contribution in [2.45, 2.75) is 111 Å². The molecule has 3 heterocycles. The maximum Gasteiger partial charge on any atom is 0.408 e. The van der Waals surface area contributed by atoms with E-state index in [1.807, 2.05) is 138 Å². The Morgan fingerprint density at radius 3 is 2.17 bits per heavy atom. The third-order valence-corrected chi connectivity index (χ3v) is 11.9. The number of para-hydroxylation sites is 1. The van der Waals surface area contributed by atoms with Crippen molar-refractivity contribution in [3.8, 4) is 11.3 Å².